The standard InChI is InChI=1S/C14H13FN2O2/c15-11-7-9(14(16)17)5-6-13(11)19-12-4-2-1-3-10(12)8-18/h1-7,18H,8H2,(H3,16,17). The van der Waals surface area contributed by atoms with E-state index in [0.29, 0.717) is 16.9 Å². The van der Waals surface area contributed by atoms with Crippen molar-refractivity contribution in [1.29, 1.82) is 5.41 Å². The number of aliphatic hydroxyl groups is 1. The van der Waals surface area contributed by atoms with Gasteiger partial charge in [-0.25, -0.2) is 4.39 Å². The minimum absolute atomic E-state index is 0.0194. The third-order valence-electron chi connectivity index (χ3n) is 2.61. The maximum atomic E-state index is 13.8. The van der Waals surface area contributed by atoms with Gasteiger partial charge in [0.05, 0.1) is 6.61 Å². The second-order valence-corrected chi connectivity index (χ2v) is 3.93. The highest BCUT2D eigenvalue weighted by Gasteiger charge is 2.09. The first-order chi connectivity index (χ1) is 9.11. The SMILES string of the molecule is N=C(N)c1ccc(Oc2ccccc2CO)c(F)c1. The average molecular weight is 260 g/mol. The Morgan fingerprint density at radius 2 is 1.95 bits per heavy atom. The number of halogens is 1. The molecular weight excluding hydrogens is 247 g/mol. The van der Waals surface area contributed by atoms with Crippen molar-refractivity contribution < 1.29 is 14.2 Å². The highest BCUT2D eigenvalue weighted by Crippen LogP contribution is 2.27. The molecule has 19 heavy (non-hydrogen) atoms. The molecular formula is C14H13FN2O2. The quantitative estimate of drug-likeness (QED) is 0.583. The molecule has 0 radical (unpaired) electrons. The summed E-state index contributed by atoms with van der Waals surface area (Å²) in [5.74, 6) is -0.410. The fourth-order valence-corrected chi connectivity index (χ4v) is 1.60. The first-order valence-corrected chi connectivity index (χ1v) is 5.62. The van der Waals surface area contributed by atoms with Crippen LogP contribution in [-0.2, 0) is 6.61 Å². The van der Waals surface area contributed by atoms with Crippen LogP contribution in [0.4, 0.5) is 4.39 Å². The molecule has 0 atom stereocenters. The lowest BCUT2D eigenvalue weighted by molar-refractivity contribution is 0.276. The Balaban J connectivity index is 2.31. The molecule has 0 aromatic heterocycles. The number of nitrogens with two attached hydrogens (primary N) is 1. The predicted molar refractivity (Wildman–Crippen MR) is 69.9 cm³/mol. The fourth-order valence-electron chi connectivity index (χ4n) is 1.60. The zero-order valence-electron chi connectivity index (χ0n) is 10.1. The van der Waals surface area contributed by atoms with Gasteiger partial charge in [-0.1, -0.05) is 18.2 Å². The molecule has 0 unspecified atom stereocenters. The van der Waals surface area contributed by atoms with Gasteiger partial charge in [0.15, 0.2) is 11.6 Å². The monoisotopic (exact) mass is 260 g/mol. The van der Waals surface area contributed by atoms with Crippen LogP contribution in [0.2, 0.25) is 0 Å². The lowest BCUT2D eigenvalue weighted by Gasteiger charge is -2.10. The third-order valence-corrected chi connectivity index (χ3v) is 2.61. The summed E-state index contributed by atoms with van der Waals surface area (Å²) in [4.78, 5) is 0. The molecule has 2 rings (SSSR count). The minimum atomic E-state index is -0.611. The zero-order valence-corrected chi connectivity index (χ0v) is 10.1. The predicted octanol–water partition coefficient (Wildman–Crippen LogP) is 2.39. The molecule has 0 amide bonds. The smallest absolute Gasteiger partial charge is 0.166 e. The van der Waals surface area contributed by atoms with Crippen molar-refractivity contribution in [2.75, 3.05) is 0 Å². The molecule has 2 aromatic rings. The van der Waals surface area contributed by atoms with Crippen LogP contribution in [0, 0.1) is 11.2 Å². The molecule has 98 valence electrons. The largest absolute Gasteiger partial charge is 0.454 e. The molecule has 0 heterocycles. The summed E-state index contributed by atoms with van der Waals surface area (Å²) in [7, 11) is 0. The van der Waals surface area contributed by atoms with Gasteiger partial charge < -0.3 is 15.6 Å². The Morgan fingerprint density at radius 1 is 1.21 bits per heavy atom. The maximum absolute atomic E-state index is 13.8. The highest BCUT2D eigenvalue weighted by molar-refractivity contribution is 5.95. The van der Waals surface area contributed by atoms with E-state index in [1.54, 1.807) is 24.3 Å². The Kier molecular flexibility index (Phi) is 3.77. The summed E-state index contributed by atoms with van der Waals surface area (Å²) >= 11 is 0. The van der Waals surface area contributed by atoms with Gasteiger partial charge in [0.2, 0.25) is 0 Å². The molecule has 0 bridgehead atoms. The number of aliphatic hydroxyl groups excluding tert-OH is 1. The van der Waals surface area contributed by atoms with Crippen LogP contribution in [-0.4, -0.2) is 10.9 Å². The first-order valence-electron chi connectivity index (χ1n) is 5.62. The van der Waals surface area contributed by atoms with Crippen molar-refractivity contribution in [3.63, 3.8) is 0 Å². The molecule has 0 aliphatic carbocycles. The van der Waals surface area contributed by atoms with Gasteiger partial charge in [-0.2, -0.15) is 0 Å². The van der Waals surface area contributed by atoms with Crippen LogP contribution in [0.1, 0.15) is 11.1 Å². The molecule has 0 spiro atoms. The van der Waals surface area contributed by atoms with Crippen molar-refractivity contribution in [2.45, 2.75) is 6.61 Å². The number of amidine groups is 1. The maximum Gasteiger partial charge on any atom is 0.166 e. The molecule has 0 fully saturated rings. The van der Waals surface area contributed by atoms with Crippen molar-refractivity contribution in [2.24, 2.45) is 5.73 Å². The van der Waals surface area contributed by atoms with Crippen LogP contribution in [0.15, 0.2) is 42.5 Å². The first kappa shape index (κ1) is 13.0. The van der Waals surface area contributed by atoms with Crippen molar-refractivity contribution in [3.05, 3.63) is 59.4 Å². The van der Waals surface area contributed by atoms with Gasteiger partial charge in [-0.05, 0) is 24.3 Å². The third kappa shape index (κ3) is 2.89. The molecule has 0 aliphatic heterocycles. The van der Waals surface area contributed by atoms with Crippen molar-refractivity contribution >= 4 is 5.84 Å². The Bertz CT molecular complexity index is 614. The molecule has 0 aliphatic rings. The van der Waals surface area contributed by atoms with Gasteiger partial charge in [0.25, 0.3) is 0 Å². The van der Waals surface area contributed by atoms with E-state index >= 15 is 0 Å². The molecule has 0 saturated carbocycles. The summed E-state index contributed by atoms with van der Waals surface area (Å²) in [6.45, 7) is -0.191. The van der Waals surface area contributed by atoms with Crippen LogP contribution < -0.4 is 10.5 Å². The second-order valence-electron chi connectivity index (χ2n) is 3.93. The summed E-state index contributed by atoms with van der Waals surface area (Å²) in [6.07, 6.45) is 0. The average Bonchev–Trinajstić information content (AvgIpc) is 2.41. The van der Waals surface area contributed by atoms with E-state index in [1.165, 1.54) is 12.1 Å². The molecule has 5 heteroatoms. The van der Waals surface area contributed by atoms with E-state index in [9.17, 15) is 4.39 Å². The molecule has 2 aromatic carbocycles. The number of nitrogen functional groups attached to an aromatic ring is 1. The van der Waals surface area contributed by atoms with Gasteiger partial charge in [0, 0.05) is 11.1 Å². The lowest BCUT2D eigenvalue weighted by atomic mass is 10.2. The van der Waals surface area contributed by atoms with Crippen LogP contribution in [0.25, 0.3) is 0 Å². The Morgan fingerprint density at radius 3 is 2.58 bits per heavy atom. The molecule has 4 N–H and O–H groups in total. The van der Waals surface area contributed by atoms with E-state index < -0.39 is 5.82 Å². The number of hydrogen-bond acceptors (Lipinski definition) is 3. The Labute approximate surface area is 109 Å². The van der Waals surface area contributed by atoms with Gasteiger partial charge in [0.1, 0.15) is 11.6 Å². The summed E-state index contributed by atoms with van der Waals surface area (Å²) < 4.78 is 19.2. The zero-order chi connectivity index (χ0) is 13.8. The minimum Gasteiger partial charge on any atom is -0.454 e. The topological polar surface area (TPSA) is 79.3 Å². The Hall–Kier alpha value is -2.40. The van der Waals surface area contributed by atoms with Crippen molar-refractivity contribution in [3.8, 4) is 11.5 Å². The summed E-state index contributed by atoms with van der Waals surface area (Å²) in [5.41, 5.74) is 6.13. The van der Waals surface area contributed by atoms with Gasteiger partial charge >= 0.3 is 0 Å². The van der Waals surface area contributed by atoms with E-state index in [0.717, 1.165) is 6.07 Å². The summed E-state index contributed by atoms with van der Waals surface area (Å²) in [5, 5.41) is 16.4. The van der Waals surface area contributed by atoms with Crippen LogP contribution >= 0.6 is 0 Å². The van der Waals surface area contributed by atoms with Gasteiger partial charge in [-0.3, -0.25) is 5.41 Å². The van der Waals surface area contributed by atoms with E-state index in [-0.39, 0.29) is 18.2 Å². The number of hydrogen-bond donors (Lipinski definition) is 3. The number of nitrogens with one attached hydrogen (secondary N) is 1. The lowest BCUT2D eigenvalue weighted by Crippen LogP contribution is -2.11. The normalized spacial score (nSPS) is 10.2. The molecule has 4 nitrogen and oxygen atoms in total. The number of ether oxygens (including phenoxy) is 1. The summed E-state index contributed by atoms with van der Waals surface area (Å²) in [6, 6.07) is 10.9. The van der Waals surface area contributed by atoms with E-state index in [1.807, 2.05) is 0 Å². The fraction of sp³-hybridized carbons (Fsp3) is 0.0714. The number of benzene rings is 2. The van der Waals surface area contributed by atoms with Gasteiger partial charge in [-0.15, -0.1) is 0 Å². The highest BCUT2D eigenvalue weighted by atomic mass is 19.1. The molecule has 0 saturated heterocycles. The van der Waals surface area contributed by atoms with Crippen LogP contribution in [0.3, 0.4) is 0 Å². The van der Waals surface area contributed by atoms with Crippen molar-refractivity contribution in [1.82, 2.24) is 0 Å². The van der Waals surface area contributed by atoms with E-state index in [2.05, 4.69) is 0 Å². The van der Waals surface area contributed by atoms with E-state index in [4.69, 9.17) is 21.0 Å². The number of rotatable bonds is 4. The van der Waals surface area contributed by atoms with Crippen LogP contribution in [0.5, 0.6) is 11.5 Å². The number of para-hydroxylation sites is 1. The second kappa shape index (κ2) is 5.49.